The molecule has 0 saturated carbocycles. The van der Waals surface area contributed by atoms with Crippen LogP contribution in [0.5, 0.6) is 23.0 Å². The highest BCUT2D eigenvalue weighted by Crippen LogP contribution is 2.38. The van der Waals surface area contributed by atoms with E-state index in [0.29, 0.717) is 54.7 Å². The molecule has 234 valence electrons. The number of carbonyl (C=O) groups is 2. The Morgan fingerprint density at radius 2 is 1.82 bits per heavy atom. The number of ether oxygens (including phenoxy) is 5. The molecule has 2 aliphatic heterocycles. The molecule has 2 amide bonds. The second-order valence-electron chi connectivity index (χ2n) is 12.0. The minimum absolute atomic E-state index is 0.0429. The molecular weight excluding hydrogens is 567 g/mol. The van der Waals surface area contributed by atoms with Crippen molar-refractivity contribution in [1.29, 1.82) is 0 Å². The molecule has 2 aliphatic rings. The van der Waals surface area contributed by atoms with Gasteiger partial charge in [-0.1, -0.05) is 30.3 Å². The number of piperidine rings is 1. The monoisotopic (exact) mass is 606 g/mol. The topological polar surface area (TPSA) is 95.6 Å². The van der Waals surface area contributed by atoms with Gasteiger partial charge in [0, 0.05) is 37.2 Å². The molecule has 1 saturated heterocycles. The summed E-state index contributed by atoms with van der Waals surface area (Å²) in [5, 5.41) is 2.87. The predicted octanol–water partition coefficient (Wildman–Crippen LogP) is 5.84. The number of amides is 2. The first-order chi connectivity index (χ1) is 21.1. The third-order valence-corrected chi connectivity index (χ3v) is 7.71. The van der Waals surface area contributed by atoms with Crippen LogP contribution in [0.15, 0.2) is 60.7 Å². The highest BCUT2D eigenvalue weighted by molar-refractivity contribution is 5.78. The Morgan fingerprint density at radius 1 is 1.02 bits per heavy atom. The Balaban J connectivity index is 1.30. The van der Waals surface area contributed by atoms with Gasteiger partial charge in [0.2, 0.25) is 12.7 Å². The molecule has 1 N–H and O–H groups in total. The lowest BCUT2D eigenvalue weighted by Crippen LogP contribution is -2.46. The summed E-state index contributed by atoms with van der Waals surface area (Å²) in [6, 6.07) is 17.8. The fourth-order valence-electron chi connectivity index (χ4n) is 5.54. The van der Waals surface area contributed by atoms with E-state index < -0.39 is 11.4 Å². The fourth-order valence-corrected chi connectivity index (χ4v) is 5.54. The van der Waals surface area contributed by atoms with Gasteiger partial charge >= 0.3 is 6.09 Å². The minimum Gasteiger partial charge on any atom is -0.496 e. The SMILES string of the molecule is COc1ccccc1CNC(=O)Cc1cc([C@@H]2CCN(C(=O)OC(C)(C)C)C[C@H]2COc2ccc3c(c2)OCO3)ccc1F. The molecule has 2 atom stereocenters. The number of hydrogen-bond donors (Lipinski definition) is 1. The Bertz CT molecular complexity index is 1490. The van der Waals surface area contributed by atoms with Crippen LogP contribution in [-0.4, -0.2) is 56.1 Å². The van der Waals surface area contributed by atoms with E-state index in [4.69, 9.17) is 23.7 Å². The summed E-state index contributed by atoms with van der Waals surface area (Å²) in [6.45, 7) is 7.13. The van der Waals surface area contributed by atoms with Crippen LogP contribution in [0.4, 0.5) is 9.18 Å². The van der Waals surface area contributed by atoms with Crippen LogP contribution in [0.1, 0.15) is 49.8 Å². The Labute approximate surface area is 257 Å². The van der Waals surface area contributed by atoms with Gasteiger partial charge in [-0.2, -0.15) is 0 Å². The van der Waals surface area contributed by atoms with E-state index in [1.807, 2.05) is 51.1 Å². The van der Waals surface area contributed by atoms with Gasteiger partial charge in [0.25, 0.3) is 0 Å². The summed E-state index contributed by atoms with van der Waals surface area (Å²) in [4.78, 5) is 27.5. The normalized spacial score (nSPS) is 17.6. The lowest BCUT2D eigenvalue weighted by Gasteiger charge is -2.39. The summed E-state index contributed by atoms with van der Waals surface area (Å²) >= 11 is 0. The third-order valence-electron chi connectivity index (χ3n) is 7.71. The van der Waals surface area contributed by atoms with Gasteiger partial charge in [0.1, 0.15) is 22.9 Å². The number of hydrogen-bond acceptors (Lipinski definition) is 7. The molecule has 44 heavy (non-hydrogen) atoms. The first kappa shape index (κ1) is 31.0. The lowest BCUT2D eigenvalue weighted by molar-refractivity contribution is -0.120. The summed E-state index contributed by atoms with van der Waals surface area (Å²) in [5.74, 6) is 1.66. The number of nitrogens with one attached hydrogen (secondary N) is 1. The van der Waals surface area contributed by atoms with Crippen LogP contribution in [-0.2, 0) is 22.5 Å². The molecule has 0 spiro atoms. The average molecular weight is 607 g/mol. The summed E-state index contributed by atoms with van der Waals surface area (Å²) in [6.07, 6.45) is 0.138. The molecule has 0 unspecified atom stereocenters. The van der Waals surface area contributed by atoms with Crippen molar-refractivity contribution in [2.75, 3.05) is 33.6 Å². The molecule has 0 radical (unpaired) electrons. The van der Waals surface area contributed by atoms with E-state index in [2.05, 4.69) is 5.32 Å². The van der Waals surface area contributed by atoms with Gasteiger partial charge in [0.15, 0.2) is 11.5 Å². The Morgan fingerprint density at radius 3 is 2.61 bits per heavy atom. The zero-order valence-electron chi connectivity index (χ0n) is 25.6. The molecule has 0 aromatic heterocycles. The van der Waals surface area contributed by atoms with Gasteiger partial charge in [-0.15, -0.1) is 0 Å². The van der Waals surface area contributed by atoms with Crippen molar-refractivity contribution in [3.63, 3.8) is 0 Å². The van der Waals surface area contributed by atoms with Crippen molar-refractivity contribution in [2.45, 2.75) is 51.7 Å². The number of nitrogens with zero attached hydrogens (tertiary/aromatic N) is 1. The zero-order valence-corrected chi connectivity index (χ0v) is 25.6. The maximum Gasteiger partial charge on any atom is 0.410 e. The second-order valence-corrected chi connectivity index (χ2v) is 12.0. The quantitative estimate of drug-likeness (QED) is 0.327. The molecule has 0 aliphatic carbocycles. The number of fused-ring (bicyclic) bond motifs is 1. The van der Waals surface area contributed by atoms with Crippen LogP contribution in [0.25, 0.3) is 0 Å². The average Bonchev–Trinajstić information content (AvgIpc) is 3.47. The van der Waals surface area contributed by atoms with Crippen LogP contribution in [0.2, 0.25) is 0 Å². The maximum absolute atomic E-state index is 15.0. The third kappa shape index (κ3) is 7.72. The largest absolute Gasteiger partial charge is 0.496 e. The molecule has 9 nitrogen and oxygen atoms in total. The summed E-state index contributed by atoms with van der Waals surface area (Å²) in [5.41, 5.74) is 1.41. The van der Waals surface area contributed by atoms with Gasteiger partial charge in [-0.3, -0.25) is 4.79 Å². The number of rotatable bonds is 9. The van der Waals surface area contributed by atoms with E-state index in [1.165, 1.54) is 6.07 Å². The Kier molecular flexibility index (Phi) is 9.46. The Hall–Kier alpha value is -4.47. The second kappa shape index (κ2) is 13.4. The maximum atomic E-state index is 15.0. The number of carbonyl (C=O) groups excluding carboxylic acids is 2. The minimum atomic E-state index is -0.621. The molecule has 10 heteroatoms. The number of likely N-dealkylation sites (tertiary alicyclic amines) is 1. The van der Waals surface area contributed by atoms with Crippen molar-refractivity contribution in [3.05, 3.63) is 83.2 Å². The van der Waals surface area contributed by atoms with Gasteiger partial charge < -0.3 is 33.9 Å². The number of benzene rings is 3. The van der Waals surface area contributed by atoms with Gasteiger partial charge in [-0.25, -0.2) is 9.18 Å². The van der Waals surface area contributed by atoms with Crippen molar-refractivity contribution >= 4 is 12.0 Å². The number of halogens is 1. The van der Waals surface area contributed by atoms with Gasteiger partial charge in [0.05, 0.1) is 20.1 Å². The standard InChI is InChI=1S/C34H39FN2O7/c1-34(2,3)44-33(39)37-14-13-27(25(19-37)20-41-26-10-12-30-31(17-26)43-21-42-30)22-9-11-28(35)24(15-22)16-32(38)36-18-23-7-5-6-8-29(23)40-4/h5-12,15,17,25,27H,13-14,16,18-21H2,1-4H3,(H,36,38)/t25-,27-/m0/s1. The lowest BCUT2D eigenvalue weighted by atomic mass is 9.80. The van der Waals surface area contributed by atoms with Crippen LogP contribution in [0, 0.1) is 11.7 Å². The zero-order chi connectivity index (χ0) is 31.3. The number of para-hydroxylation sites is 1. The van der Waals surface area contributed by atoms with Crippen LogP contribution >= 0.6 is 0 Å². The van der Waals surface area contributed by atoms with E-state index in [9.17, 15) is 14.0 Å². The fraction of sp³-hybridized carbons (Fsp3) is 0.412. The van der Waals surface area contributed by atoms with Crippen molar-refractivity contribution < 1.29 is 37.7 Å². The van der Waals surface area contributed by atoms with E-state index >= 15 is 0 Å². The first-order valence-electron chi connectivity index (χ1n) is 14.8. The van der Waals surface area contributed by atoms with E-state index in [-0.39, 0.29) is 43.6 Å². The molecule has 5 rings (SSSR count). The van der Waals surface area contributed by atoms with Crippen LogP contribution < -0.4 is 24.3 Å². The summed E-state index contributed by atoms with van der Waals surface area (Å²) < 4.78 is 43.0. The molecule has 2 heterocycles. The smallest absolute Gasteiger partial charge is 0.410 e. The van der Waals surface area contributed by atoms with E-state index in [0.717, 1.165) is 11.1 Å². The highest BCUT2D eigenvalue weighted by Gasteiger charge is 2.35. The molecular formula is C34H39FN2O7. The molecule has 3 aromatic carbocycles. The van der Waals surface area contributed by atoms with Crippen molar-refractivity contribution in [3.8, 4) is 23.0 Å². The van der Waals surface area contributed by atoms with Crippen molar-refractivity contribution in [2.24, 2.45) is 5.92 Å². The highest BCUT2D eigenvalue weighted by atomic mass is 19.1. The molecule has 3 aromatic rings. The van der Waals surface area contributed by atoms with E-state index in [1.54, 1.807) is 36.3 Å². The summed E-state index contributed by atoms with van der Waals surface area (Å²) in [7, 11) is 1.58. The molecule has 0 bridgehead atoms. The first-order valence-corrected chi connectivity index (χ1v) is 14.8. The van der Waals surface area contributed by atoms with Crippen LogP contribution in [0.3, 0.4) is 0 Å². The van der Waals surface area contributed by atoms with Crippen molar-refractivity contribution in [1.82, 2.24) is 10.2 Å². The number of methoxy groups -OCH3 is 1. The van der Waals surface area contributed by atoms with Gasteiger partial charge in [-0.05, 0) is 68.5 Å². The molecule has 1 fully saturated rings. The predicted molar refractivity (Wildman–Crippen MR) is 162 cm³/mol.